The molecule has 0 bridgehead atoms. The van der Waals surface area contributed by atoms with Crippen molar-refractivity contribution in [2.75, 3.05) is 28.3 Å². The smallest absolute Gasteiger partial charge is 0.266 e. The van der Waals surface area contributed by atoms with Crippen molar-refractivity contribution in [1.82, 2.24) is 15.1 Å². The van der Waals surface area contributed by atoms with Crippen LogP contribution in [-0.2, 0) is 6.54 Å². The number of thiophene rings is 1. The van der Waals surface area contributed by atoms with Crippen LogP contribution in [0.2, 0.25) is 5.02 Å². The van der Waals surface area contributed by atoms with Gasteiger partial charge in [0.2, 0.25) is 0 Å². The van der Waals surface area contributed by atoms with Crippen LogP contribution in [0.25, 0.3) is 21.2 Å². The molecule has 41 heavy (non-hydrogen) atoms. The third-order valence-corrected chi connectivity index (χ3v) is 9.69. The van der Waals surface area contributed by atoms with E-state index in [1.165, 1.54) is 11.3 Å². The highest BCUT2D eigenvalue weighted by Crippen LogP contribution is 2.38. The third-order valence-electron chi connectivity index (χ3n) is 8.03. The van der Waals surface area contributed by atoms with Crippen LogP contribution in [0.4, 0.5) is 0 Å². The highest BCUT2D eigenvalue weighted by Gasteiger charge is 2.32. The van der Waals surface area contributed by atoms with E-state index in [0.29, 0.717) is 28.0 Å². The first-order valence-electron chi connectivity index (χ1n) is 13.9. The van der Waals surface area contributed by atoms with Crippen LogP contribution in [-0.4, -0.2) is 62.0 Å². The quantitative estimate of drug-likeness (QED) is 0.238. The van der Waals surface area contributed by atoms with E-state index in [2.05, 4.69) is 11.4 Å². The second-order valence-corrected chi connectivity index (χ2v) is 12.2. The highest BCUT2D eigenvalue weighted by atomic mass is 35.5. The lowest BCUT2D eigenvalue weighted by molar-refractivity contribution is 0.0604. The summed E-state index contributed by atoms with van der Waals surface area (Å²) in [5.74, 6) is 0.662. The molecule has 4 aromatic rings. The summed E-state index contributed by atoms with van der Waals surface area (Å²) >= 11 is 8.26. The normalized spacial score (nSPS) is 16.9. The molecular formula is C33H36ClN3O3S. The molecule has 1 aliphatic carbocycles. The summed E-state index contributed by atoms with van der Waals surface area (Å²) in [6.45, 7) is 0.409. The van der Waals surface area contributed by atoms with Gasteiger partial charge < -0.3 is 19.9 Å². The van der Waals surface area contributed by atoms with E-state index in [1.54, 1.807) is 26.1 Å². The number of fused-ring (bicyclic) bond motifs is 1. The average Bonchev–Trinajstić information content (AvgIpc) is 3.35. The summed E-state index contributed by atoms with van der Waals surface area (Å²) in [6.07, 6.45) is 3.87. The lowest BCUT2D eigenvalue weighted by Gasteiger charge is -2.37. The van der Waals surface area contributed by atoms with E-state index < -0.39 is 0 Å². The Hall–Kier alpha value is -3.39. The average molecular weight is 590 g/mol. The minimum Gasteiger partial charge on any atom is -0.496 e. The van der Waals surface area contributed by atoms with Crippen molar-refractivity contribution in [3.8, 4) is 16.9 Å². The number of carbonyl (C=O) groups is 2. The van der Waals surface area contributed by atoms with Gasteiger partial charge in [0.25, 0.3) is 11.8 Å². The maximum atomic E-state index is 14.3. The summed E-state index contributed by atoms with van der Waals surface area (Å²) in [5, 5.41) is 4.84. The number of carbonyl (C=O) groups excluding carboxylic acids is 2. The summed E-state index contributed by atoms with van der Waals surface area (Å²) in [4.78, 5) is 30.8. The van der Waals surface area contributed by atoms with Crippen LogP contribution in [0, 0.1) is 0 Å². The van der Waals surface area contributed by atoms with Crippen molar-refractivity contribution in [3.63, 3.8) is 0 Å². The Morgan fingerprint density at radius 3 is 2.27 bits per heavy atom. The van der Waals surface area contributed by atoms with Crippen LogP contribution in [0.5, 0.6) is 5.75 Å². The van der Waals surface area contributed by atoms with E-state index in [-0.39, 0.29) is 17.9 Å². The number of hydrogen-bond acceptors (Lipinski definition) is 5. The van der Waals surface area contributed by atoms with E-state index in [0.717, 1.165) is 58.2 Å². The number of amides is 2. The predicted octanol–water partition coefficient (Wildman–Crippen LogP) is 7.11. The lowest BCUT2D eigenvalue weighted by atomic mass is 9.89. The van der Waals surface area contributed by atoms with Gasteiger partial charge in [-0.05, 0) is 74.2 Å². The fourth-order valence-corrected chi connectivity index (χ4v) is 7.12. The molecule has 1 heterocycles. The number of nitrogens with zero attached hydrogens (tertiary/aromatic N) is 2. The molecule has 0 atom stereocenters. The van der Waals surface area contributed by atoms with Gasteiger partial charge in [-0.1, -0.05) is 48.0 Å². The van der Waals surface area contributed by atoms with Gasteiger partial charge in [-0.2, -0.15) is 0 Å². The molecule has 0 radical (unpaired) electrons. The van der Waals surface area contributed by atoms with E-state index in [9.17, 15) is 9.59 Å². The standard InChI is InChI=1S/C33H36ClN3O3S/c1-35-25-14-16-26(17-15-25)37(33(39)31-30(34)27-7-5-6-8-29(27)41-31)20-24-19-23(13-18-28(24)40-4)21-9-11-22(12-10-21)32(38)36(2)3/h5-13,18-19,25-26,35H,14-17,20H2,1-4H3/t25-,26+. The van der Waals surface area contributed by atoms with Crippen molar-refractivity contribution >= 4 is 44.8 Å². The Morgan fingerprint density at radius 1 is 0.951 bits per heavy atom. The Labute approximate surface area is 250 Å². The van der Waals surface area contributed by atoms with Crippen LogP contribution in [0.15, 0.2) is 66.7 Å². The molecule has 214 valence electrons. The number of benzene rings is 3. The van der Waals surface area contributed by atoms with Gasteiger partial charge in [-0.3, -0.25) is 9.59 Å². The Balaban J connectivity index is 1.50. The SMILES string of the molecule is CN[C@H]1CC[C@@H](N(Cc2cc(-c3ccc(C(=O)N(C)C)cc3)ccc2OC)C(=O)c2sc3ccccc3c2Cl)CC1. The minimum atomic E-state index is -0.0388. The number of rotatable bonds is 8. The van der Waals surface area contributed by atoms with Crippen LogP contribution in [0.1, 0.15) is 51.3 Å². The first-order valence-corrected chi connectivity index (χ1v) is 15.1. The van der Waals surface area contributed by atoms with Crippen molar-refractivity contribution in [1.29, 1.82) is 0 Å². The van der Waals surface area contributed by atoms with Crippen LogP contribution < -0.4 is 10.1 Å². The molecule has 3 aromatic carbocycles. The maximum absolute atomic E-state index is 14.3. The van der Waals surface area contributed by atoms with E-state index >= 15 is 0 Å². The Kier molecular flexibility index (Phi) is 8.97. The highest BCUT2D eigenvalue weighted by molar-refractivity contribution is 7.21. The van der Waals surface area contributed by atoms with Gasteiger partial charge in [0.05, 0.1) is 12.1 Å². The van der Waals surface area contributed by atoms with Crippen LogP contribution in [0.3, 0.4) is 0 Å². The molecule has 2 amide bonds. The predicted molar refractivity (Wildman–Crippen MR) is 168 cm³/mol. The van der Waals surface area contributed by atoms with Gasteiger partial charge in [0.15, 0.2) is 0 Å². The van der Waals surface area contributed by atoms with Gasteiger partial charge in [0, 0.05) is 53.9 Å². The molecular weight excluding hydrogens is 554 g/mol. The molecule has 1 fully saturated rings. The molecule has 8 heteroatoms. The summed E-state index contributed by atoms with van der Waals surface area (Å²) in [6, 6.07) is 22.1. The largest absolute Gasteiger partial charge is 0.496 e. The monoisotopic (exact) mass is 589 g/mol. The van der Waals surface area contributed by atoms with Gasteiger partial charge >= 0.3 is 0 Å². The number of nitrogens with one attached hydrogen (secondary N) is 1. The number of hydrogen-bond donors (Lipinski definition) is 1. The van der Waals surface area contributed by atoms with Gasteiger partial charge in [-0.25, -0.2) is 0 Å². The zero-order valence-electron chi connectivity index (χ0n) is 23.9. The van der Waals surface area contributed by atoms with Gasteiger partial charge in [0.1, 0.15) is 10.6 Å². The van der Waals surface area contributed by atoms with Crippen LogP contribution >= 0.6 is 22.9 Å². The summed E-state index contributed by atoms with van der Waals surface area (Å²) in [7, 11) is 7.16. The number of methoxy groups -OCH3 is 1. The number of ether oxygens (including phenoxy) is 1. The molecule has 0 aliphatic heterocycles. The van der Waals surface area contributed by atoms with E-state index in [4.69, 9.17) is 16.3 Å². The summed E-state index contributed by atoms with van der Waals surface area (Å²) < 4.78 is 6.78. The Morgan fingerprint density at radius 2 is 1.63 bits per heavy atom. The lowest BCUT2D eigenvalue weighted by Crippen LogP contribution is -2.44. The fraction of sp³-hybridized carbons (Fsp3) is 0.333. The molecule has 0 saturated heterocycles. The second-order valence-electron chi connectivity index (χ2n) is 10.8. The maximum Gasteiger partial charge on any atom is 0.266 e. The molecule has 1 saturated carbocycles. The molecule has 1 aromatic heterocycles. The van der Waals surface area contributed by atoms with E-state index in [1.807, 2.05) is 72.6 Å². The third kappa shape index (κ3) is 6.13. The molecule has 1 aliphatic rings. The topological polar surface area (TPSA) is 61.9 Å². The molecule has 1 N–H and O–H groups in total. The van der Waals surface area contributed by atoms with Crippen molar-refractivity contribution in [2.24, 2.45) is 0 Å². The molecule has 0 unspecified atom stereocenters. The zero-order valence-corrected chi connectivity index (χ0v) is 25.5. The zero-order chi connectivity index (χ0) is 29.1. The molecule has 0 spiro atoms. The van der Waals surface area contributed by atoms with Crippen molar-refractivity contribution in [2.45, 2.75) is 44.3 Å². The first-order chi connectivity index (χ1) is 19.8. The Bertz CT molecular complexity index is 1540. The molecule has 6 nitrogen and oxygen atoms in total. The minimum absolute atomic E-state index is 0.0333. The van der Waals surface area contributed by atoms with Gasteiger partial charge in [-0.15, -0.1) is 11.3 Å². The van der Waals surface area contributed by atoms with Crippen molar-refractivity contribution in [3.05, 3.63) is 87.8 Å². The summed E-state index contributed by atoms with van der Waals surface area (Å²) in [5.41, 5.74) is 3.56. The fourth-order valence-electron chi connectivity index (χ4n) is 5.65. The second kappa shape index (κ2) is 12.6. The van der Waals surface area contributed by atoms with Crippen molar-refractivity contribution < 1.29 is 14.3 Å². The first kappa shape index (κ1) is 29.1. The number of halogens is 1. The molecule has 5 rings (SSSR count).